The Morgan fingerprint density at radius 2 is 2.10 bits per heavy atom. The first-order valence-electron chi connectivity index (χ1n) is 5.84. The first-order valence-corrected chi connectivity index (χ1v) is 6.63. The Kier molecular flexibility index (Phi) is 3.48. The predicted octanol–water partition coefficient (Wildman–Crippen LogP) is 2.28. The number of nitrogen functional groups attached to an aromatic ring is 1. The van der Waals surface area contributed by atoms with Gasteiger partial charge in [-0.05, 0) is 18.2 Å². The van der Waals surface area contributed by atoms with Crippen molar-refractivity contribution in [2.45, 2.75) is 0 Å². The molecule has 3 N–H and O–H groups in total. The van der Waals surface area contributed by atoms with E-state index >= 15 is 0 Å². The summed E-state index contributed by atoms with van der Waals surface area (Å²) in [5.74, 6) is 0.0219. The molecular weight excluding hydrogens is 341 g/mol. The van der Waals surface area contributed by atoms with Gasteiger partial charge in [0.1, 0.15) is 12.1 Å². The second-order valence-electron chi connectivity index (χ2n) is 4.04. The minimum Gasteiger partial charge on any atom is -0.368 e. The maximum absolute atomic E-state index is 13.8. The molecule has 0 spiro atoms. The van der Waals surface area contributed by atoms with E-state index in [0.29, 0.717) is 10.4 Å². The third-order valence-corrected chi connectivity index (χ3v) is 3.05. The second-order valence-corrected chi connectivity index (χ2v) is 4.95. The van der Waals surface area contributed by atoms with E-state index in [-0.39, 0.29) is 17.6 Å². The lowest BCUT2D eigenvalue weighted by molar-refractivity contribution is 0.630. The van der Waals surface area contributed by atoms with E-state index in [1.54, 1.807) is 29.1 Å². The van der Waals surface area contributed by atoms with Crippen molar-refractivity contribution in [2.75, 3.05) is 11.1 Å². The summed E-state index contributed by atoms with van der Waals surface area (Å²) in [6.45, 7) is 0. The van der Waals surface area contributed by atoms with E-state index in [9.17, 15) is 4.39 Å². The lowest BCUT2D eigenvalue weighted by Gasteiger charge is -2.08. The fourth-order valence-corrected chi connectivity index (χ4v) is 1.97. The van der Waals surface area contributed by atoms with Crippen molar-refractivity contribution in [3.63, 3.8) is 0 Å². The molecule has 0 aliphatic heterocycles. The zero-order valence-electron chi connectivity index (χ0n) is 10.5. The van der Waals surface area contributed by atoms with Crippen molar-refractivity contribution in [1.82, 2.24) is 24.5 Å². The summed E-state index contributed by atoms with van der Waals surface area (Å²) in [6.07, 6.45) is 4.78. The highest BCUT2D eigenvalue weighted by atomic mass is 79.9. The quantitative estimate of drug-likeness (QED) is 0.753. The Hall–Kier alpha value is -2.55. The molecule has 7 nitrogen and oxygen atoms in total. The lowest BCUT2D eigenvalue weighted by atomic mass is 10.3. The summed E-state index contributed by atoms with van der Waals surface area (Å²) in [5.41, 5.74) is 5.88. The highest BCUT2D eigenvalue weighted by Crippen LogP contribution is 2.22. The maximum Gasteiger partial charge on any atom is 0.241 e. The van der Waals surface area contributed by atoms with E-state index in [0.717, 1.165) is 0 Å². The van der Waals surface area contributed by atoms with Crippen LogP contribution in [0.1, 0.15) is 0 Å². The van der Waals surface area contributed by atoms with Crippen LogP contribution in [-0.4, -0.2) is 24.5 Å². The van der Waals surface area contributed by atoms with Gasteiger partial charge in [0, 0.05) is 16.9 Å². The van der Waals surface area contributed by atoms with Crippen molar-refractivity contribution >= 4 is 33.5 Å². The van der Waals surface area contributed by atoms with E-state index in [2.05, 4.69) is 41.2 Å². The van der Waals surface area contributed by atoms with Gasteiger partial charge in [-0.25, -0.2) is 9.37 Å². The minimum atomic E-state index is -0.437. The first-order chi connectivity index (χ1) is 10.1. The molecule has 1 aromatic carbocycles. The van der Waals surface area contributed by atoms with Crippen molar-refractivity contribution in [3.8, 4) is 5.95 Å². The molecule has 0 saturated carbocycles. The lowest BCUT2D eigenvalue weighted by Crippen LogP contribution is -2.08. The first kappa shape index (κ1) is 13.4. The molecule has 9 heteroatoms. The molecular formula is C12H9BrFN7. The summed E-state index contributed by atoms with van der Waals surface area (Å²) < 4.78 is 16.0. The molecule has 3 aromatic rings. The molecule has 0 aliphatic carbocycles. The number of halogens is 2. The largest absolute Gasteiger partial charge is 0.368 e. The van der Waals surface area contributed by atoms with Crippen LogP contribution in [-0.2, 0) is 0 Å². The zero-order valence-corrected chi connectivity index (χ0v) is 12.1. The number of hydrogen-bond acceptors (Lipinski definition) is 6. The van der Waals surface area contributed by atoms with Crippen LogP contribution in [0, 0.1) is 5.82 Å². The average Bonchev–Trinajstić information content (AvgIpc) is 2.95. The van der Waals surface area contributed by atoms with Crippen LogP contribution in [0.15, 0.2) is 41.4 Å². The molecule has 2 heterocycles. The molecule has 0 atom stereocenters. The van der Waals surface area contributed by atoms with Gasteiger partial charge in [0.05, 0.1) is 5.69 Å². The van der Waals surface area contributed by atoms with Crippen LogP contribution in [0.2, 0.25) is 0 Å². The Morgan fingerprint density at radius 3 is 2.81 bits per heavy atom. The normalized spacial score (nSPS) is 10.6. The highest BCUT2D eigenvalue weighted by Gasteiger charge is 2.09. The predicted molar refractivity (Wildman–Crippen MR) is 78.7 cm³/mol. The van der Waals surface area contributed by atoms with E-state index in [4.69, 9.17) is 5.73 Å². The molecule has 0 aliphatic rings. The number of nitrogens with two attached hydrogens (primary N) is 1. The van der Waals surface area contributed by atoms with Gasteiger partial charge in [-0.1, -0.05) is 15.9 Å². The number of hydrogen-bond donors (Lipinski definition) is 2. The number of rotatable bonds is 3. The molecule has 0 fully saturated rings. The average molecular weight is 350 g/mol. The number of benzene rings is 1. The van der Waals surface area contributed by atoms with E-state index in [1.807, 2.05) is 0 Å². The number of nitrogens with one attached hydrogen (secondary N) is 1. The van der Waals surface area contributed by atoms with Crippen molar-refractivity contribution in [3.05, 3.63) is 47.2 Å². The topological polar surface area (TPSA) is 94.5 Å². The summed E-state index contributed by atoms with van der Waals surface area (Å²) in [4.78, 5) is 16.0. The molecule has 0 amide bonds. The van der Waals surface area contributed by atoms with Gasteiger partial charge in [-0.3, -0.25) is 4.57 Å². The van der Waals surface area contributed by atoms with Crippen LogP contribution in [0.5, 0.6) is 0 Å². The van der Waals surface area contributed by atoms with Crippen molar-refractivity contribution in [1.29, 1.82) is 0 Å². The summed E-state index contributed by atoms with van der Waals surface area (Å²) in [6, 6.07) is 4.60. The molecule has 2 aromatic heterocycles. The number of nitrogens with zero attached hydrogens (tertiary/aromatic N) is 5. The van der Waals surface area contributed by atoms with Gasteiger partial charge in [0.2, 0.25) is 17.8 Å². The number of aromatic nitrogens is 5. The van der Waals surface area contributed by atoms with E-state index < -0.39 is 5.82 Å². The van der Waals surface area contributed by atoms with Crippen molar-refractivity contribution < 1.29 is 4.39 Å². The monoisotopic (exact) mass is 349 g/mol. The smallest absolute Gasteiger partial charge is 0.241 e. The van der Waals surface area contributed by atoms with Crippen molar-refractivity contribution in [2.24, 2.45) is 0 Å². The van der Waals surface area contributed by atoms with Gasteiger partial charge in [-0.2, -0.15) is 15.0 Å². The fraction of sp³-hybridized carbons (Fsp3) is 0. The zero-order chi connectivity index (χ0) is 14.8. The number of imidazole rings is 1. The number of anilines is 3. The van der Waals surface area contributed by atoms with Crippen LogP contribution in [0.3, 0.4) is 0 Å². The summed E-state index contributed by atoms with van der Waals surface area (Å²) in [7, 11) is 0. The van der Waals surface area contributed by atoms with E-state index in [1.165, 1.54) is 12.4 Å². The van der Waals surface area contributed by atoms with Gasteiger partial charge >= 0.3 is 0 Å². The molecule has 0 unspecified atom stereocenters. The van der Waals surface area contributed by atoms with Gasteiger partial charge < -0.3 is 11.1 Å². The Balaban J connectivity index is 1.95. The van der Waals surface area contributed by atoms with Gasteiger partial charge in [-0.15, -0.1) is 0 Å². The summed E-state index contributed by atoms with van der Waals surface area (Å²) >= 11 is 3.19. The third-order valence-electron chi connectivity index (χ3n) is 2.55. The van der Waals surface area contributed by atoms with Crippen LogP contribution < -0.4 is 11.1 Å². The summed E-state index contributed by atoms with van der Waals surface area (Å²) in [5, 5.41) is 2.77. The molecule has 0 saturated heterocycles. The Labute approximate surface area is 127 Å². The fourth-order valence-electron chi connectivity index (χ4n) is 1.64. The molecule has 3 rings (SSSR count). The SMILES string of the molecule is Nc1nc(Nc2ccc(Br)cc2F)nc(-n2ccnc2)n1. The Morgan fingerprint density at radius 1 is 1.24 bits per heavy atom. The molecule has 106 valence electrons. The van der Waals surface area contributed by atoms with Crippen LogP contribution >= 0.6 is 15.9 Å². The second kappa shape index (κ2) is 5.44. The standard InChI is InChI=1S/C12H9BrFN7/c13-7-1-2-9(8(14)5-7)17-11-18-10(15)19-12(20-11)21-4-3-16-6-21/h1-6H,(H3,15,17,18,19,20). The molecule has 0 bridgehead atoms. The third kappa shape index (κ3) is 2.97. The van der Waals surface area contributed by atoms with Gasteiger partial charge in [0.25, 0.3) is 0 Å². The maximum atomic E-state index is 13.8. The van der Waals surface area contributed by atoms with Gasteiger partial charge in [0.15, 0.2) is 0 Å². The minimum absolute atomic E-state index is 0.0220. The van der Waals surface area contributed by atoms with Crippen LogP contribution in [0.4, 0.5) is 22.0 Å². The van der Waals surface area contributed by atoms with Crippen LogP contribution in [0.25, 0.3) is 5.95 Å². The molecule has 21 heavy (non-hydrogen) atoms. The highest BCUT2D eigenvalue weighted by molar-refractivity contribution is 9.10. The Bertz CT molecular complexity index is 775. The molecule has 0 radical (unpaired) electrons.